The topological polar surface area (TPSA) is 96.0 Å². The van der Waals surface area contributed by atoms with E-state index in [9.17, 15) is 18.0 Å². The molecule has 2 amide bonds. The summed E-state index contributed by atoms with van der Waals surface area (Å²) in [6.45, 7) is 7.26. The molecule has 3 aromatic carbocycles. The van der Waals surface area contributed by atoms with Gasteiger partial charge in [0, 0.05) is 22.6 Å². The maximum Gasteiger partial charge on any atom is 0.264 e. The molecule has 0 aliphatic heterocycles. The van der Waals surface area contributed by atoms with Crippen molar-refractivity contribution in [3.8, 4) is 5.75 Å². The van der Waals surface area contributed by atoms with Crippen molar-refractivity contribution >= 4 is 50.7 Å². The highest BCUT2D eigenvalue weighted by molar-refractivity contribution is 7.92. The molecule has 0 fully saturated rings. The van der Waals surface area contributed by atoms with Gasteiger partial charge in [-0.05, 0) is 93.4 Å². The van der Waals surface area contributed by atoms with Crippen LogP contribution in [0.5, 0.6) is 5.75 Å². The Morgan fingerprint density at radius 2 is 1.44 bits per heavy atom. The van der Waals surface area contributed by atoms with E-state index in [1.807, 2.05) is 20.8 Å². The Kier molecular flexibility index (Phi) is 11.5. The van der Waals surface area contributed by atoms with Crippen LogP contribution < -0.4 is 14.4 Å². The summed E-state index contributed by atoms with van der Waals surface area (Å²) in [4.78, 5) is 28.4. The van der Waals surface area contributed by atoms with Crippen molar-refractivity contribution in [2.45, 2.75) is 57.6 Å². The Bertz CT molecular complexity index is 1420. The van der Waals surface area contributed by atoms with E-state index in [0.717, 1.165) is 9.87 Å². The molecule has 0 aliphatic rings. The molecule has 8 nitrogen and oxygen atoms in total. The number of carbonyl (C=O) groups excluding carboxylic acids is 2. The SMILES string of the molecule is CCOc1ccc(N(CC(=O)N(Cc2ccc(Cl)cc2)[C@H](C)C(=O)N[C@H](C)CC)S(=O)(=O)c2ccc(Cl)cc2)cc1. The van der Waals surface area contributed by atoms with Gasteiger partial charge in [0.15, 0.2) is 0 Å². The van der Waals surface area contributed by atoms with Crippen molar-refractivity contribution in [2.24, 2.45) is 0 Å². The molecular weight excluding hydrogens is 585 g/mol. The summed E-state index contributed by atoms with van der Waals surface area (Å²) in [6.07, 6.45) is 0.717. The fourth-order valence-corrected chi connectivity index (χ4v) is 5.64. The molecule has 0 heterocycles. The van der Waals surface area contributed by atoms with Crippen LogP contribution in [0.2, 0.25) is 10.0 Å². The van der Waals surface area contributed by atoms with Crippen molar-refractivity contribution in [3.63, 3.8) is 0 Å². The number of sulfonamides is 1. The molecule has 0 aromatic heterocycles. The fraction of sp³-hybridized carbons (Fsp3) is 0.333. The number of halogens is 2. The van der Waals surface area contributed by atoms with Crippen molar-refractivity contribution in [1.82, 2.24) is 10.2 Å². The van der Waals surface area contributed by atoms with E-state index >= 15 is 0 Å². The Hall–Kier alpha value is -3.27. The largest absolute Gasteiger partial charge is 0.494 e. The molecule has 220 valence electrons. The first kappa shape index (κ1) is 32.2. The molecule has 0 aliphatic carbocycles. The van der Waals surface area contributed by atoms with E-state index in [2.05, 4.69) is 5.32 Å². The predicted octanol–water partition coefficient (Wildman–Crippen LogP) is 5.92. The average molecular weight is 621 g/mol. The first-order chi connectivity index (χ1) is 19.5. The van der Waals surface area contributed by atoms with Crippen LogP contribution in [0, 0.1) is 0 Å². The number of benzene rings is 3. The molecule has 1 N–H and O–H groups in total. The van der Waals surface area contributed by atoms with Gasteiger partial charge in [-0.3, -0.25) is 13.9 Å². The molecule has 41 heavy (non-hydrogen) atoms. The molecule has 0 saturated carbocycles. The lowest BCUT2D eigenvalue weighted by atomic mass is 10.1. The maximum atomic E-state index is 14.0. The Morgan fingerprint density at radius 3 is 1.98 bits per heavy atom. The van der Waals surface area contributed by atoms with Gasteiger partial charge in [0.05, 0.1) is 17.2 Å². The monoisotopic (exact) mass is 619 g/mol. The van der Waals surface area contributed by atoms with Crippen molar-refractivity contribution in [2.75, 3.05) is 17.5 Å². The van der Waals surface area contributed by atoms with E-state index in [-0.39, 0.29) is 29.1 Å². The number of ether oxygens (including phenoxy) is 1. The molecule has 0 bridgehead atoms. The standard InChI is InChI=1S/C30H35Cl2N3O5S/c1-5-21(3)33-30(37)22(4)34(19-23-7-9-24(31)10-8-23)29(36)20-35(26-13-15-27(16-14-26)40-6-2)41(38,39)28-17-11-25(32)12-18-28/h7-18,21-22H,5-6,19-20H2,1-4H3,(H,33,37)/t21-,22-/m1/s1. The highest BCUT2D eigenvalue weighted by Crippen LogP contribution is 2.27. The number of carbonyl (C=O) groups is 2. The Labute approximate surface area is 252 Å². The van der Waals surface area contributed by atoms with Gasteiger partial charge in [-0.25, -0.2) is 8.42 Å². The number of rotatable bonds is 13. The summed E-state index contributed by atoms with van der Waals surface area (Å²) >= 11 is 12.0. The van der Waals surface area contributed by atoms with Gasteiger partial charge in [0.2, 0.25) is 11.8 Å². The summed E-state index contributed by atoms with van der Waals surface area (Å²) in [5, 5.41) is 3.82. The minimum absolute atomic E-state index is 0.0320. The third-order valence-electron chi connectivity index (χ3n) is 6.55. The first-order valence-corrected chi connectivity index (χ1v) is 15.5. The van der Waals surface area contributed by atoms with Crippen LogP contribution in [0.4, 0.5) is 5.69 Å². The van der Waals surface area contributed by atoms with E-state index in [4.69, 9.17) is 27.9 Å². The molecule has 3 aromatic rings. The molecule has 2 atom stereocenters. The van der Waals surface area contributed by atoms with Gasteiger partial charge in [-0.15, -0.1) is 0 Å². The van der Waals surface area contributed by atoms with E-state index in [1.165, 1.54) is 29.2 Å². The van der Waals surface area contributed by atoms with E-state index < -0.39 is 28.5 Å². The minimum Gasteiger partial charge on any atom is -0.494 e. The normalized spacial score (nSPS) is 12.7. The van der Waals surface area contributed by atoms with Crippen LogP contribution in [0.15, 0.2) is 77.7 Å². The summed E-state index contributed by atoms with van der Waals surface area (Å²) in [7, 11) is -4.20. The third-order valence-corrected chi connectivity index (χ3v) is 8.84. The van der Waals surface area contributed by atoms with Gasteiger partial charge >= 0.3 is 0 Å². The molecular formula is C30H35Cl2N3O5S. The van der Waals surface area contributed by atoms with Gasteiger partial charge in [0.1, 0.15) is 18.3 Å². The smallest absolute Gasteiger partial charge is 0.264 e. The number of nitrogens with one attached hydrogen (secondary N) is 1. The molecule has 3 rings (SSSR count). The average Bonchev–Trinajstić information content (AvgIpc) is 2.95. The van der Waals surface area contributed by atoms with Crippen LogP contribution in [-0.2, 0) is 26.2 Å². The zero-order chi connectivity index (χ0) is 30.2. The predicted molar refractivity (Wildman–Crippen MR) is 163 cm³/mol. The minimum atomic E-state index is -4.20. The summed E-state index contributed by atoms with van der Waals surface area (Å²) < 4.78 is 34.3. The second-order valence-corrected chi connectivity index (χ2v) is 12.3. The number of nitrogens with zero attached hydrogens (tertiary/aromatic N) is 2. The maximum absolute atomic E-state index is 14.0. The van der Waals surface area contributed by atoms with Crippen molar-refractivity contribution < 1.29 is 22.7 Å². The number of anilines is 1. The number of amides is 2. The van der Waals surface area contributed by atoms with Gasteiger partial charge in [-0.1, -0.05) is 42.3 Å². The lowest BCUT2D eigenvalue weighted by molar-refractivity contribution is -0.139. The third kappa shape index (κ3) is 8.61. The zero-order valence-corrected chi connectivity index (χ0v) is 25.8. The van der Waals surface area contributed by atoms with Crippen molar-refractivity contribution in [1.29, 1.82) is 0 Å². The van der Waals surface area contributed by atoms with Crippen LogP contribution in [0.25, 0.3) is 0 Å². The van der Waals surface area contributed by atoms with Crippen molar-refractivity contribution in [3.05, 3.63) is 88.4 Å². The van der Waals surface area contributed by atoms with Crippen LogP contribution in [0.3, 0.4) is 0 Å². The van der Waals surface area contributed by atoms with Gasteiger partial charge in [-0.2, -0.15) is 0 Å². The number of hydrogen-bond donors (Lipinski definition) is 1. The second-order valence-electron chi connectivity index (χ2n) is 9.53. The molecule has 0 unspecified atom stereocenters. The molecule has 0 saturated heterocycles. The highest BCUT2D eigenvalue weighted by Gasteiger charge is 2.32. The Balaban J connectivity index is 2.02. The van der Waals surface area contributed by atoms with E-state index in [1.54, 1.807) is 55.5 Å². The summed E-state index contributed by atoms with van der Waals surface area (Å²) in [5.74, 6) is -0.334. The first-order valence-electron chi connectivity index (χ1n) is 13.3. The Morgan fingerprint density at radius 1 is 0.878 bits per heavy atom. The lowest BCUT2D eigenvalue weighted by Gasteiger charge is -2.32. The quantitative estimate of drug-likeness (QED) is 0.256. The second kappa shape index (κ2) is 14.6. The van der Waals surface area contributed by atoms with Crippen LogP contribution >= 0.6 is 23.2 Å². The number of hydrogen-bond acceptors (Lipinski definition) is 5. The highest BCUT2D eigenvalue weighted by atomic mass is 35.5. The molecule has 0 spiro atoms. The van der Waals surface area contributed by atoms with E-state index in [0.29, 0.717) is 28.8 Å². The fourth-order valence-electron chi connectivity index (χ4n) is 3.97. The molecule has 11 heteroatoms. The van der Waals surface area contributed by atoms with Gasteiger partial charge in [0.25, 0.3) is 10.0 Å². The summed E-state index contributed by atoms with van der Waals surface area (Å²) in [6, 6.07) is 18.1. The zero-order valence-electron chi connectivity index (χ0n) is 23.5. The lowest BCUT2D eigenvalue weighted by Crippen LogP contribution is -2.52. The van der Waals surface area contributed by atoms with Gasteiger partial charge < -0.3 is 15.0 Å². The van der Waals surface area contributed by atoms with Crippen LogP contribution in [0.1, 0.15) is 39.7 Å². The summed E-state index contributed by atoms with van der Waals surface area (Å²) in [5.41, 5.74) is 0.999. The molecule has 0 radical (unpaired) electrons. The van der Waals surface area contributed by atoms with Crippen LogP contribution in [-0.4, -0.2) is 50.4 Å².